The summed E-state index contributed by atoms with van der Waals surface area (Å²) in [5.41, 5.74) is 0.237. The molecule has 1 N–H and O–H groups in total. The molecule has 8 nitrogen and oxygen atoms in total. The van der Waals surface area contributed by atoms with Crippen LogP contribution in [0.4, 0.5) is 11.4 Å². The van der Waals surface area contributed by atoms with Crippen LogP contribution in [0.1, 0.15) is 19.4 Å². The molecule has 0 atom stereocenters. The number of ether oxygens (including phenoxy) is 2. The summed E-state index contributed by atoms with van der Waals surface area (Å²) in [6, 6.07) is 4.51. The Bertz CT molecular complexity index is 671. The normalized spacial score (nSPS) is 16.6. The molecule has 116 valence electrons. The van der Waals surface area contributed by atoms with Crippen molar-refractivity contribution in [1.82, 2.24) is 0 Å². The number of rotatable bonds is 3. The van der Waals surface area contributed by atoms with E-state index in [-0.39, 0.29) is 16.9 Å². The molecule has 22 heavy (non-hydrogen) atoms. The van der Waals surface area contributed by atoms with Crippen LogP contribution in [0, 0.1) is 17.0 Å². The first-order chi connectivity index (χ1) is 10.2. The maximum atomic E-state index is 11.8. The number of anilines is 1. The molecule has 2 rings (SSSR count). The number of carbonyl (C=O) groups excluding carboxylic acids is 2. The van der Waals surface area contributed by atoms with Gasteiger partial charge in [0.1, 0.15) is 5.69 Å². The maximum Gasteiger partial charge on any atom is 0.350 e. The molecule has 1 aromatic rings. The summed E-state index contributed by atoms with van der Waals surface area (Å²) in [4.78, 5) is 34.0. The van der Waals surface area contributed by atoms with Crippen LogP contribution >= 0.6 is 0 Å². The van der Waals surface area contributed by atoms with Gasteiger partial charge in [-0.05, 0) is 12.5 Å². The number of nitrogens with zero attached hydrogens (tertiary/aromatic N) is 1. The Morgan fingerprint density at radius 2 is 1.82 bits per heavy atom. The van der Waals surface area contributed by atoms with Gasteiger partial charge >= 0.3 is 11.9 Å². The molecule has 8 heteroatoms. The van der Waals surface area contributed by atoms with Crippen molar-refractivity contribution < 1.29 is 24.0 Å². The zero-order valence-electron chi connectivity index (χ0n) is 12.2. The first kappa shape index (κ1) is 15.5. The molecule has 1 saturated heterocycles. The Morgan fingerprint density at radius 1 is 1.23 bits per heavy atom. The minimum Gasteiger partial charge on any atom is -0.419 e. The van der Waals surface area contributed by atoms with E-state index in [0.29, 0.717) is 5.56 Å². The van der Waals surface area contributed by atoms with Gasteiger partial charge in [0.15, 0.2) is 5.57 Å². The van der Waals surface area contributed by atoms with E-state index in [2.05, 4.69) is 5.32 Å². The molecule has 1 aliphatic heterocycles. The van der Waals surface area contributed by atoms with Crippen molar-refractivity contribution in [1.29, 1.82) is 0 Å². The molecule has 0 aliphatic carbocycles. The van der Waals surface area contributed by atoms with E-state index in [1.54, 1.807) is 13.0 Å². The van der Waals surface area contributed by atoms with Gasteiger partial charge in [-0.25, -0.2) is 9.59 Å². The third-order valence-electron chi connectivity index (χ3n) is 2.93. The van der Waals surface area contributed by atoms with Crippen molar-refractivity contribution in [2.75, 3.05) is 5.32 Å². The fourth-order valence-corrected chi connectivity index (χ4v) is 1.91. The molecule has 0 amide bonds. The number of nitrogens with one attached hydrogen (secondary N) is 1. The zero-order valence-corrected chi connectivity index (χ0v) is 12.2. The van der Waals surface area contributed by atoms with Gasteiger partial charge in [-0.1, -0.05) is 12.1 Å². The molecule has 0 bridgehead atoms. The Morgan fingerprint density at radius 3 is 2.36 bits per heavy atom. The van der Waals surface area contributed by atoms with Crippen LogP contribution in [-0.2, 0) is 19.1 Å². The lowest BCUT2D eigenvalue weighted by molar-refractivity contribution is -0.384. The molecule has 1 fully saturated rings. The number of esters is 2. The highest BCUT2D eigenvalue weighted by Crippen LogP contribution is 2.28. The van der Waals surface area contributed by atoms with Gasteiger partial charge in [-0.2, -0.15) is 0 Å². The quantitative estimate of drug-likeness (QED) is 0.299. The topological polar surface area (TPSA) is 108 Å². The second-order valence-electron chi connectivity index (χ2n) is 5.11. The molecule has 1 heterocycles. The molecule has 0 saturated carbocycles. The zero-order chi connectivity index (χ0) is 16.5. The van der Waals surface area contributed by atoms with E-state index >= 15 is 0 Å². The summed E-state index contributed by atoms with van der Waals surface area (Å²) >= 11 is 0. The van der Waals surface area contributed by atoms with E-state index in [1.165, 1.54) is 26.0 Å². The number of nitro groups is 1. The van der Waals surface area contributed by atoms with Gasteiger partial charge in [-0.3, -0.25) is 10.1 Å². The highest BCUT2D eigenvalue weighted by molar-refractivity contribution is 6.15. The van der Waals surface area contributed by atoms with Gasteiger partial charge < -0.3 is 14.8 Å². The Kier molecular flexibility index (Phi) is 3.85. The standard InChI is InChI=1S/C14H14N2O6/c1-8-5-4-6-10(16(19)20)11(8)15-7-9-12(17)21-14(2,3)22-13(9)18/h4-7,15H,1-3H3. The van der Waals surface area contributed by atoms with E-state index in [1.807, 2.05) is 0 Å². The molecule has 1 aromatic carbocycles. The minimum atomic E-state index is -1.33. The molecule has 0 aromatic heterocycles. The third-order valence-corrected chi connectivity index (χ3v) is 2.93. The molecule has 1 aliphatic rings. The largest absolute Gasteiger partial charge is 0.419 e. The van der Waals surface area contributed by atoms with Crippen LogP contribution in [0.3, 0.4) is 0 Å². The predicted octanol–water partition coefficient (Wildman–Crippen LogP) is 2.04. The van der Waals surface area contributed by atoms with Crippen LogP contribution in [0.25, 0.3) is 0 Å². The van der Waals surface area contributed by atoms with Crippen LogP contribution in [0.15, 0.2) is 30.0 Å². The van der Waals surface area contributed by atoms with Crippen molar-refractivity contribution in [2.45, 2.75) is 26.6 Å². The lowest BCUT2D eigenvalue weighted by Gasteiger charge is -2.29. The van der Waals surface area contributed by atoms with Gasteiger partial charge in [0.25, 0.3) is 11.5 Å². The van der Waals surface area contributed by atoms with Crippen LogP contribution in [0.5, 0.6) is 0 Å². The molecular weight excluding hydrogens is 292 g/mol. The SMILES string of the molecule is Cc1cccc([N+](=O)[O-])c1NC=C1C(=O)OC(C)(C)OC1=O. The highest BCUT2D eigenvalue weighted by Gasteiger charge is 2.39. The Hall–Kier alpha value is -2.90. The lowest BCUT2D eigenvalue weighted by atomic mass is 10.1. The summed E-state index contributed by atoms with van der Waals surface area (Å²) in [6.45, 7) is 4.52. The summed E-state index contributed by atoms with van der Waals surface area (Å²) < 4.78 is 9.86. The minimum absolute atomic E-state index is 0.172. The Balaban J connectivity index is 2.31. The first-order valence-electron chi connectivity index (χ1n) is 6.38. The van der Waals surface area contributed by atoms with Crippen LogP contribution in [-0.4, -0.2) is 22.6 Å². The van der Waals surface area contributed by atoms with Crippen LogP contribution in [0.2, 0.25) is 0 Å². The fourth-order valence-electron chi connectivity index (χ4n) is 1.91. The summed E-state index contributed by atoms with van der Waals surface area (Å²) in [5.74, 6) is -3.05. The monoisotopic (exact) mass is 306 g/mol. The van der Waals surface area contributed by atoms with Crippen LogP contribution < -0.4 is 5.32 Å². The number of nitro benzene ring substituents is 1. The number of hydrogen-bond acceptors (Lipinski definition) is 7. The first-order valence-corrected chi connectivity index (χ1v) is 6.38. The number of cyclic esters (lactones) is 2. The van der Waals surface area contributed by atoms with Crippen molar-refractivity contribution in [3.63, 3.8) is 0 Å². The summed E-state index contributed by atoms with van der Waals surface area (Å²) in [5, 5.41) is 13.6. The van der Waals surface area contributed by atoms with Gasteiger partial charge in [0.2, 0.25) is 0 Å². The second-order valence-corrected chi connectivity index (χ2v) is 5.11. The third kappa shape index (κ3) is 3.05. The predicted molar refractivity (Wildman–Crippen MR) is 75.8 cm³/mol. The lowest BCUT2D eigenvalue weighted by Crippen LogP contribution is -2.42. The van der Waals surface area contributed by atoms with Gasteiger partial charge in [0, 0.05) is 26.1 Å². The average molecular weight is 306 g/mol. The highest BCUT2D eigenvalue weighted by atomic mass is 16.7. The van der Waals surface area contributed by atoms with E-state index in [9.17, 15) is 19.7 Å². The Labute approximate surface area is 125 Å². The van der Waals surface area contributed by atoms with Crippen molar-refractivity contribution in [3.8, 4) is 0 Å². The molecule has 0 unspecified atom stereocenters. The van der Waals surface area contributed by atoms with Crippen molar-refractivity contribution in [3.05, 3.63) is 45.6 Å². The number of aryl methyl sites for hydroxylation is 1. The van der Waals surface area contributed by atoms with E-state index < -0.39 is 22.6 Å². The smallest absolute Gasteiger partial charge is 0.350 e. The number of para-hydroxylation sites is 1. The molecular formula is C14H14N2O6. The number of benzene rings is 1. The van der Waals surface area contributed by atoms with Gasteiger partial charge in [0.05, 0.1) is 4.92 Å². The number of hydrogen-bond donors (Lipinski definition) is 1. The fraction of sp³-hybridized carbons (Fsp3) is 0.286. The maximum absolute atomic E-state index is 11.8. The summed E-state index contributed by atoms with van der Waals surface area (Å²) in [6.07, 6.45) is 1.05. The van der Waals surface area contributed by atoms with Crippen molar-refractivity contribution >= 4 is 23.3 Å². The molecule has 0 spiro atoms. The van der Waals surface area contributed by atoms with E-state index in [0.717, 1.165) is 6.20 Å². The van der Waals surface area contributed by atoms with Gasteiger partial charge in [-0.15, -0.1) is 0 Å². The average Bonchev–Trinajstić information content (AvgIpc) is 2.37. The van der Waals surface area contributed by atoms with Crippen molar-refractivity contribution in [2.24, 2.45) is 0 Å². The second kappa shape index (κ2) is 5.47. The summed E-state index contributed by atoms with van der Waals surface area (Å²) in [7, 11) is 0. The molecule has 0 radical (unpaired) electrons. The van der Waals surface area contributed by atoms with E-state index in [4.69, 9.17) is 9.47 Å². The number of carbonyl (C=O) groups is 2.